The number of anilines is 1. The molecule has 4 heterocycles. The first-order chi connectivity index (χ1) is 14.4. The third-order valence-corrected chi connectivity index (χ3v) is 6.73. The zero-order valence-electron chi connectivity index (χ0n) is 17.0. The van der Waals surface area contributed by atoms with Crippen LogP contribution in [-0.2, 0) is 29.4 Å². The third-order valence-electron chi connectivity index (χ3n) is 5.48. The van der Waals surface area contributed by atoms with E-state index in [1.807, 2.05) is 18.2 Å². The van der Waals surface area contributed by atoms with Gasteiger partial charge in [-0.3, -0.25) is 9.78 Å². The van der Waals surface area contributed by atoms with Gasteiger partial charge in [-0.05, 0) is 25.0 Å². The Morgan fingerprint density at radius 3 is 2.67 bits per heavy atom. The highest BCUT2D eigenvalue weighted by Crippen LogP contribution is 2.26. The highest BCUT2D eigenvalue weighted by Gasteiger charge is 2.30. The molecule has 1 saturated heterocycles. The number of fused-ring (bicyclic) bond motifs is 1. The SMILES string of the molecule is CS(=O)(=O)N1CCc2nc(N3CCCC3)nc(C(=O)NCCc3ccccn3)c2C1. The first-order valence-corrected chi connectivity index (χ1v) is 12.0. The smallest absolute Gasteiger partial charge is 0.270 e. The van der Waals surface area contributed by atoms with Gasteiger partial charge in [-0.15, -0.1) is 0 Å². The second kappa shape index (κ2) is 8.65. The van der Waals surface area contributed by atoms with Crippen LogP contribution in [0, 0.1) is 0 Å². The van der Waals surface area contributed by atoms with Crippen LogP contribution in [0.3, 0.4) is 0 Å². The van der Waals surface area contributed by atoms with Crippen molar-refractivity contribution in [2.45, 2.75) is 32.2 Å². The van der Waals surface area contributed by atoms with E-state index < -0.39 is 10.0 Å². The minimum Gasteiger partial charge on any atom is -0.350 e. The predicted molar refractivity (Wildman–Crippen MR) is 113 cm³/mol. The van der Waals surface area contributed by atoms with E-state index in [2.05, 4.69) is 25.2 Å². The molecule has 10 heteroatoms. The van der Waals surface area contributed by atoms with E-state index in [0.717, 1.165) is 37.3 Å². The van der Waals surface area contributed by atoms with Crippen molar-refractivity contribution in [2.24, 2.45) is 0 Å². The number of hydrogen-bond acceptors (Lipinski definition) is 7. The molecule has 0 radical (unpaired) electrons. The number of sulfonamides is 1. The number of pyridine rings is 1. The lowest BCUT2D eigenvalue weighted by Gasteiger charge is -2.28. The van der Waals surface area contributed by atoms with Gasteiger partial charge in [0, 0.05) is 63.0 Å². The second-order valence-corrected chi connectivity index (χ2v) is 9.65. The molecule has 2 aliphatic rings. The fourth-order valence-electron chi connectivity index (χ4n) is 3.84. The summed E-state index contributed by atoms with van der Waals surface area (Å²) >= 11 is 0. The van der Waals surface area contributed by atoms with Crippen LogP contribution in [0.1, 0.15) is 40.3 Å². The van der Waals surface area contributed by atoms with Crippen LogP contribution < -0.4 is 10.2 Å². The molecule has 2 aromatic heterocycles. The lowest BCUT2D eigenvalue weighted by Crippen LogP contribution is -2.38. The van der Waals surface area contributed by atoms with Crippen molar-refractivity contribution >= 4 is 21.9 Å². The average Bonchev–Trinajstić information content (AvgIpc) is 3.27. The van der Waals surface area contributed by atoms with E-state index >= 15 is 0 Å². The molecule has 0 spiro atoms. The van der Waals surface area contributed by atoms with Gasteiger partial charge in [0.05, 0.1) is 11.9 Å². The van der Waals surface area contributed by atoms with Crippen molar-refractivity contribution < 1.29 is 13.2 Å². The molecule has 1 fully saturated rings. The molecule has 2 aromatic rings. The first-order valence-electron chi connectivity index (χ1n) is 10.2. The number of aromatic nitrogens is 3. The van der Waals surface area contributed by atoms with Crippen LogP contribution in [0.15, 0.2) is 24.4 Å². The molecule has 160 valence electrons. The Morgan fingerprint density at radius 2 is 1.97 bits per heavy atom. The average molecular weight is 431 g/mol. The van der Waals surface area contributed by atoms with Crippen molar-refractivity contribution in [2.75, 3.05) is 37.3 Å². The van der Waals surface area contributed by atoms with E-state index in [-0.39, 0.29) is 18.1 Å². The Bertz CT molecular complexity index is 1020. The van der Waals surface area contributed by atoms with E-state index in [4.69, 9.17) is 0 Å². The summed E-state index contributed by atoms with van der Waals surface area (Å²) in [5.74, 6) is 0.259. The molecule has 0 atom stereocenters. The van der Waals surface area contributed by atoms with Crippen LogP contribution in [-0.4, -0.2) is 66.0 Å². The Kier molecular flexibility index (Phi) is 5.96. The monoisotopic (exact) mass is 430 g/mol. The number of carbonyl (C=O) groups is 1. The fourth-order valence-corrected chi connectivity index (χ4v) is 4.63. The summed E-state index contributed by atoms with van der Waals surface area (Å²) in [6.45, 7) is 2.65. The number of rotatable bonds is 6. The summed E-state index contributed by atoms with van der Waals surface area (Å²) in [7, 11) is -3.36. The van der Waals surface area contributed by atoms with Crippen molar-refractivity contribution in [3.05, 3.63) is 47.0 Å². The maximum absolute atomic E-state index is 13.0. The quantitative estimate of drug-likeness (QED) is 0.721. The zero-order chi connectivity index (χ0) is 21.1. The van der Waals surface area contributed by atoms with E-state index in [1.165, 1.54) is 10.6 Å². The Labute approximate surface area is 176 Å². The lowest BCUT2D eigenvalue weighted by atomic mass is 10.0. The molecule has 9 nitrogen and oxygen atoms in total. The summed E-state index contributed by atoms with van der Waals surface area (Å²) in [5, 5.41) is 2.91. The normalized spacial score (nSPS) is 17.0. The first kappa shape index (κ1) is 20.7. The number of nitrogens with one attached hydrogen (secondary N) is 1. The van der Waals surface area contributed by atoms with Gasteiger partial charge in [0.2, 0.25) is 16.0 Å². The fraction of sp³-hybridized carbons (Fsp3) is 0.500. The highest BCUT2D eigenvalue weighted by atomic mass is 32.2. The molecule has 0 bridgehead atoms. The van der Waals surface area contributed by atoms with Gasteiger partial charge in [0.25, 0.3) is 5.91 Å². The maximum Gasteiger partial charge on any atom is 0.270 e. The summed E-state index contributed by atoms with van der Waals surface area (Å²) in [4.78, 5) is 28.6. The van der Waals surface area contributed by atoms with Gasteiger partial charge in [0.15, 0.2) is 0 Å². The summed E-state index contributed by atoms with van der Waals surface area (Å²) < 4.78 is 25.5. The molecule has 30 heavy (non-hydrogen) atoms. The second-order valence-electron chi connectivity index (χ2n) is 7.67. The molecular formula is C20H26N6O3S. The topological polar surface area (TPSA) is 108 Å². The molecule has 2 aliphatic heterocycles. The van der Waals surface area contributed by atoms with Crippen LogP contribution >= 0.6 is 0 Å². The van der Waals surface area contributed by atoms with Gasteiger partial charge in [-0.1, -0.05) is 6.07 Å². The highest BCUT2D eigenvalue weighted by molar-refractivity contribution is 7.88. The van der Waals surface area contributed by atoms with Gasteiger partial charge in [-0.2, -0.15) is 4.31 Å². The molecule has 0 saturated carbocycles. The Morgan fingerprint density at radius 1 is 1.17 bits per heavy atom. The molecule has 1 N–H and O–H groups in total. The lowest BCUT2D eigenvalue weighted by molar-refractivity contribution is 0.0946. The number of amides is 1. The van der Waals surface area contributed by atoms with E-state index in [1.54, 1.807) is 6.20 Å². The minimum atomic E-state index is -3.36. The third kappa shape index (κ3) is 4.59. The molecular weight excluding hydrogens is 404 g/mol. The summed E-state index contributed by atoms with van der Waals surface area (Å²) in [5.41, 5.74) is 2.53. The number of nitrogens with zero attached hydrogens (tertiary/aromatic N) is 5. The minimum absolute atomic E-state index is 0.122. The Balaban J connectivity index is 1.58. The van der Waals surface area contributed by atoms with Crippen LogP contribution in [0.2, 0.25) is 0 Å². The van der Waals surface area contributed by atoms with Gasteiger partial charge in [0.1, 0.15) is 5.69 Å². The standard InChI is InChI=1S/C20H26N6O3S/c1-30(28,29)26-13-8-17-16(14-26)18(24-20(23-17)25-11-4-5-12-25)19(27)22-10-7-15-6-2-3-9-21-15/h2-3,6,9H,4-5,7-8,10-14H2,1H3,(H,22,27). The maximum atomic E-state index is 13.0. The largest absolute Gasteiger partial charge is 0.350 e. The van der Waals surface area contributed by atoms with Crippen molar-refractivity contribution in [3.8, 4) is 0 Å². The van der Waals surface area contributed by atoms with Gasteiger partial charge < -0.3 is 10.2 Å². The van der Waals surface area contributed by atoms with Crippen molar-refractivity contribution in [1.82, 2.24) is 24.6 Å². The molecule has 0 aliphatic carbocycles. The van der Waals surface area contributed by atoms with Gasteiger partial charge in [-0.25, -0.2) is 18.4 Å². The Hall–Kier alpha value is -2.59. The van der Waals surface area contributed by atoms with E-state index in [0.29, 0.717) is 37.4 Å². The predicted octanol–water partition coefficient (Wildman–Crippen LogP) is 0.762. The van der Waals surface area contributed by atoms with Crippen LogP contribution in [0.25, 0.3) is 0 Å². The van der Waals surface area contributed by atoms with Crippen LogP contribution in [0.5, 0.6) is 0 Å². The zero-order valence-corrected chi connectivity index (χ0v) is 17.9. The molecule has 4 rings (SSSR count). The van der Waals surface area contributed by atoms with Crippen molar-refractivity contribution in [3.63, 3.8) is 0 Å². The summed E-state index contributed by atoms with van der Waals surface area (Å²) in [6.07, 6.45) is 6.14. The molecule has 0 unspecified atom stereocenters. The summed E-state index contributed by atoms with van der Waals surface area (Å²) in [6, 6.07) is 5.67. The molecule has 0 aromatic carbocycles. The number of hydrogen-bond donors (Lipinski definition) is 1. The van der Waals surface area contributed by atoms with E-state index in [9.17, 15) is 13.2 Å². The molecule has 1 amide bonds. The van der Waals surface area contributed by atoms with Gasteiger partial charge >= 0.3 is 0 Å². The number of carbonyl (C=O) groups excluding carboxylic acids is 1. The van der Waals surface area contributed by atoms with Crippen molar-refractivity contribution in [1.29, 1.82) is 0 Å². The van der Waals surface area contributed by atoms with Crippen LogP contribution in [0.4, 0.5) is 5.95 Å².